The van der Waals surface area contributed by atoms with Gasteiger partial charge in [0.2, 0.25) is 0 Å². The van der Waals surface area contributed by atoms with Crippen molar-refractivity contribution < 1.29 is 4.42 Å². The Bertz CT molecular complexity index is 3340. The normalized spacial score (nSPS) is 15.1. The summed E-state index contributed by atoms with van der Waals surface area (Å²) in [5, 5.41) is 2.29. The molecule has 0 N–H and O–H groups in total. The van der Waals surface area contributed by atoms with Gasteiger partial charge in [-0.2, -0.15) is 0 Å². The van der Waals surface area contributed by atoms with E-state index in [0.717, 1.165) is 55.7 Å². The molecule has 0 fully saturated rings. The Morgan fingerprint density at radius 2 is 0.889 bits per heavy atom. The Kier molecular flexibility index (Phi) is 8.97. The summed E-state index contributed by atoms with van der Waals surface area (Å²) in [6, 6.07) is 78.9. The van der Waals surface area contributed by atoms with Crippen LogP contribution in [0.25, 0.3) is 66.4 Å². The lowest BCUT2D eigenvalue weighted by Gasteiger charge is -2.31. The quantitative estimate of drug-likeness (QED) is 0.152. The molecule has 2 aliphatic rings. The fraction of sp³-hybridized carbons (Fsp3) is 0.0333. The number of benzene rings is 9. The summed E-state index contributed by atoms with van der Waals surface area (Å²) in [4.78, 5) is 4.87. The van der Waals surface area contributed by atoms with E-state index in [1.54, 1.807) is 0 Å². The molecule has 1 aliphatic heterocycles. The molecule has 3 nitrogen and oxygen atoms in total. The molecule has 9 aromatic carbocycles. The van der Waals surface area contributed by atoms with Gasteiger partial charge in [0.1, 0.15) is 11.2 Å². The summed E-state index contributed by atoms with van der Waals surface area (Å²) in [7, 11) is 0. The maximum atomic E-state index is 6.35. The van der Waals surface area contributed by atoms with Gasteiger partial charge in [-0.3, -0.25) is 0 Å². The molecule has 1 aliphatic carbocycles. The topological polar surface area (TPSA) is 19.6 Å². The van der Waals surface area contributed by atoms with Crippen molar-refractivity contribution in [2.45, 2.75) is 12.0 Å². The number of allylic oxidation sites excluding steroid dienone is 2. The zero-order chi connectivity index (χ0) is 41.7. The molecule has 2 heterocycles. The van der Waals surface area contributed by atoms with Gasteiger partial charge in [0, 0.05) is 56.3 Å². The van der Waals surface area contributed by atoms with Crippen molar-refractivity contribution in [2.75, 3.05) is 9.80 Å². The molecule has 0 saturated carbocycles. The lowest BCUT2D eigenvalue weighted by molar-refractivity contribution is 0.670. The molecule has 0 radical (unpaired) electrons. The highest BCUT2D eigenvalue weighted by atomic mass is 16.3. The van der Waals surface area contributed by atoms with Crippen LogP contribution in [0.2, 0.25) is 0 Å². The first-order chi connectivity index (χ1) is 31.3. The van der Waals surface area contributed by atoms with Crippen molar-refractivity contribution in [1.29, 1.82) is 0 Å². The molecular weight excluding hydrogens is 765 g/mol. The van der Waals surface area contributed by atoms with Crippen LogP contribution in [0, 0.1) is 0 Å². The van der Waals surface area contributed by atoms with Crippen LogP contribution in [0.4, 0.5) is 28.4 Å². The standard InChI is InChI=1S/C60H42N2O/c1-2-15-45(16-3-1)61(46-37-33-42(34-38-46)41-29-31-44(32-30-41)49-23-14-24-55-54-22-9-13-28-59(54)63-60(49)55)47-39-35-43(36-40-47)48-17-4-5-18-50(48)51-19-6-10-25-56(51)62-57-26-11-7-20-52(57)53-21-8-12-27-58(53)62/h1-40,52,57H. The van der Waals surface area contributed by atoms with E-state index in [1.165, 1.54) is 44.8 Å². The van der Waals surface area contributed by atoms with Gasteiger partial charge in [0.05, 0.1) is 6.04 Å². The molecular formula is C60H42N2O. The van der Waals surface area contributed by atoms with Crippen molar-refractivity contribution in [1.82, 2.24) is 0 Å². The Labute approximate surface area is 367 Å². The number of hydrogen-bond donors (Lipinski definition) is 0. The molecule has 0 bridgehead atoms. The number of hydrogen-bond acceptors (Lipinski definition) is 3. The summed E-state index contributed by atoms with van der Waals surface area (Å²) in [6.07, 6.45) is 9.07. The minimum Gasteiger partial charge on any atom is -0.455 e. The fourth-order valence-electron chi connectivity index (χ4n) is 9.88. The van der Waals surface area contributed by atoms with Crippen LogP contribution < -0.4 is 9.80 Å². The lowest BCUT2D eigenvalue weighted by atomic mass is 9.90. The second kappa shape index (κ2) is 15.4. The first-order valence-corrected chi connectivity index (χ1v) is 21.8. The van der Waals surface area contributed by atoms with Crippen molar-refractivity contribution in [3.8, 4) is 44.5 Å². The Balaban J connectivity index is 0.855. The van der Waals surface area contributed by atoms with E-state index in [9.17, 15) is 0 Å². The van der Waals surface area contributed by atoms with Gasteiger partial charge in [-0.1, -0.05) is 188 Å². The monoisotopic (exact) mass is 806 g/mol. The predicted molar refractivity (Wildman–Crippen MR) is 264 cm³/mol. The first-order valence-electron chi connectivity index (χ1n) is 21.8. The molecule has 3 heteroatoms. The summed E-state index contributed by atoms with van der Waals surface area (Å²) >= 11 is 0. The van der Waals surface area contributed by atoms with Gasteiger partial charge in [-0.25, -0.2) is 0 Å². The van der Waals surface area contributed by atoms with Gasteiger partial charge in [-0.15, -0.1) is 0 Å². The maximum absolute atomic E-state index is 6.35. The molecule has 2 unspecified atom stereocenters. The minimum absolute atomic E-state index is 0.230. The average molecular weight is 807 g/mol. The van der Waals surface area contributed by atoms with Crippen LogP contribution in [0.3, 0.4) is 0 Å². The molecule has 1 aromatic heterocycles. The van der Waals surface area contributed by atoms with Crippen LogP contribution in [0.5, 0.6) is 0 Å². The number of furan rings is 1. The Morgan fingerprint density at radius 3 is 1.67 bits per heavy atom. The molecule has 12 rings (SSSR count). The predicted octanol–water partition coefficient (Wildman–Crippen LogP) is 16.5. The third-order valence-corrected chi connectivity index (χ3v) is 12.9. The van der Waals surface area contributed by atoms with Crippen LogP contribution in [0.1, 0.15) is 11.5 Å². The Hall–Kier alpha value is -8.14. The second-order valence-electron chi connectivity index (χ2n) is 16.4. The van der Waals surface area contributed by atoms with Crippen molar-refractivity contribution in [2.24, 2.45) is 0 Å². The summed E-state index contributed by atoms with van der Waals surface area (Å²) in [5.41, 5.74) is 18.4. The fourth-order valence-corrected chi connectivity index (χ4v) is 9.88. The summed E-state index contributed by atoms with van der Waals surface area (Å²) < 4.78 is 6.35. The van der Waals surface area contributed by atoms with E-state index >= 15 is 0 Å². The molecule has 0 spiro atoms. The first kappa shape index (κ1) is 36.7. The van der Waals surface area contributed by atoms with Crippen LogP contribution in [-0.2, 0) is 0 Å². The number of fused-ring (bicyclic) bond motifs is 6. The molecule has 298 valence electrons. The molecule has 0 amide bonds. The van der Waals surface area contributed by atoms with E-state index in [0.29, 0.717) is 5.92 Å². The van der Waals surface area contributed by atoms with Gasteiger partial charge >= 0.3 is 0 Å². The van der Waals surface area contributed by atoms with Crippen molar-refractivity contribution in [3.63, 3.8) is 0 Å². The third-order valence-electron chi connectivity index (χ3n) is 12.9. The SMILES string of the molecule is C1=CC2c3ccccc3N(c3ccccc3-c3ccccc3-c3ccc(N(c4ccccc4)c4ccc(-c5ccc(-c6cccc7c6oc6ccccc67)cc5)cc4)cc3)C2C=C1. The summed E-state index contributed by atoms with van der Waals surface area (Å²) in [5.74, 6) is 0.327. The van der Waals surface area contributed by atoms with Gasteiger partial charge in [0.15, 0.2) is 0 Å². The molecule has 0 saturated heterocycles. The molecule has 10 aromatic rings. The highest BCUT2D eigenvalue weighted by Crippen LogP contribution is 2.51. The van der Waals surface area contributed by atoms with Gasteiger partial charge in [-0.05, 0) is 93.5 Å². The number of anilines is 5. The van der Waals surface area contributed by atoms with Crippen LogP contribution >= 0.6 is 0 Å². The van der Waals surface area contributed by atoms with Crippen LogP contribution in [-0.4, -0.2) is 6.04 Å². The maximum Gasteiger partial charge on any atom is 0.143 e. The largest absolute Gasteiger partial charge is 0.455 e. The van der Waals surface area contributed by atoms with Crippen molar-refractivity contribution >= 4 is 50.4 Å². The molecule has 63 heavy (non-hydrogen) atoms. The van der Waals surface area contributed by atoms with E-state index in [2.05, 4.69) is 240 Å². The van der Waals surface area contributed by atoms with Gasteiger partial charge in [0.25, 0.3) is 0 Å². The van der Waals surface area contributed by atoms with E-state index in [1.807, 2.05) is 12.1 Å². The third kappa shape index (κ3) is 6.36. The zero-order valence-corrected chi connectivity index (χ0v) is 34.6. The highest BCUT2D eigenvalue weighted by molar-refractivity contribution is 6.09. The number of nitrogens with zero attached hydrogens (tertiary/aromatic N) is 2. The van der Waals surface area contributed by atoms with Crippen LogP contribution in [0.15, 0.2) is 247 Å². The van der Waals surface area contributed by atoms with E-state index < -0.39 is 0 Å². The van der Waals surface area contributed by atoms with E-state index in [4.69, 9.17) is 4.42 Å². The highest BCUT2D eigenvalue weighted by Gasteiger charge is 2.38. The van der Waals surface area contributed by atoms with E-state index in [-0.39, 0.29) is 6.04 Å². The lowest BCUT2D eigenvalue weighted by Crippen LogP contribution is -2.28. The minimum atomic E-state index is 0.230. The average Bonchev–Trinajstić information content (AvgIpc) is 3.91. The molecule has 2 atom stereocenters. The van der Waals surface area contributed by atoms with Crippen molar-refractivity contribution in [3.05, 3.63) is 248 Å². The second-order valence-corrected chi connectivity index (χ2v) is 16.4. The zero-order valence-electron chi connectivity index (χ0n) is 34.6. The number of para-hydroxylation sites is 5. The van der Waals surface area contributed by atoms with Gasteiger partial charge < -0.3 is 14.2 Å². The summed E-state index contributed by atoms with van der Waals surface area (Å²) in [6.45, 7) is 0. The Morgan fingerprint density at radius 1 is 0.365 bits per heavy atom. The smallest absolute Gasteiger partial charge is 0.143 e. The number of rotatable bonds is 8.